The van der Waals surface area contributed by atoms with Gasteiger partial charge in [-0.2, -0.15) is 0 Å². The van der Waals surface area contributed by atoms with E-state index < -0.39 is 0 Å². The van der Waals surface area contributed by atoms with Crippen LogP contribution < -0.4 is 20.9 Å². The topological polar surface area (TPSA) is 76.7 Å². The van der Waals surface area contributed by atoms with Gasteiger partial charge >= 0.3 is 0 Å². The Morgan fingerprint density at radius 1 is 0.725 bits per heavy atom. The fourth-order valence-electron chi connectivity index (χ4n) is 5.22. The number of nitrogens with zero attached hydrogens (tertiary/aromatic N) is 2. The molecule has 0 fully saturated rings. The first kappa shape index (κ1) is 29.6. The van der Waals surface area contributed by atoms with Crippen LogP contribution in [0.15, 0.2) is 54.6 Å². The van der Waals surface area contributed by atoms with Crippen molar-refractivity contribution in [3.8, 4) is 0 Å². The molecule has 4 rings (SSSR count). The number of amides is 2. The zero-order valence-corrected chi connectivity index (χ0v) is 24.4. The molecule has 1 aliphatic heterocycles. The average Bonchev–Trinajstić information content (AvgIpc) is 2.96. The fraction of sp³-hybridized carbons (Fsp3) is 0.455. The standard InChI is InChI=1S/C33H45N5O2/c1-4-5-21-36-30-18-17-29-31-27(30)11-10-12-28(31)32(39)38(33(29)40)23-22-34-19-8-6-7-9-20-35-24-25-13-15-26(16-14-25)37(2)3/h10-18,34-36H,4-9,19-24H2,1-3H3. The number of rotatable bonds is 17. The second-order valence-corrected chi connectivity index (χ2v) is 10.8. The Morgan fingerprint density at radius 3 is 2.12 bits per heavy atom. The lowest BCUT2D eigenvalue weighted by atomic mass is 9.93. The molecule has 3 aromatic carbocycles. The molecule has 2 amide bonds. The van der Waals surface area contributed by atoms with Crippen molar-refractivity contribution in [1.29, 1.82) is 0 Å². The molecule has 3 N–H and O–H groups in total. The number of anilines is 2. The number of nitrogens with one attached hydrogen (secondary N) is 3. The molecule has 0 spiro atoms. The largest absolute Gasteiger partial charge is 0.385 e. The number of carbonyl (C=O) groups excluding carboxylic acids is 2. The van der Waals surface area contributed by atoms with Gasteiger partial charge in [0.1, 0.15) is 0 Å². The molecule has 7 heteroatoms. The summed E-state index contributed by atoms with van der Waals surface area (Å²) in [6.07, 6.45) is 6.79. The Hall–Kier alpha value is -3.42. The second-order valence-electron chi connectivity index (χ2n) is 10.8. The Kier molecular flexibility index (Phi) is 11.0. The Labute approximate surface area is 239 Å². The molecule has 1 heterocycles. The van der Waals surface area contributed by atoms with Crippen molar-refractivity contribution in [3.63, 3.8) is 0 Å². The fourth-order valence-corrected chi connectivity index (χ4v) is 5.22. The first-order valence-corrected chi connectivity index (χ1v) is 14.8. The van der Waals surface area contributed by atoms with Gasteiger partial charge in [0.05, 0.1) is 0 Å². The molecule has 0 bridgehead atoms. The molecule has 214 valence electrons. The van der Waals surface area contributed by atoms with Crippen LogP contribution in [0.4, 0.5) is 11.4 Å². The molecule has 0 atom stereocenters. The summed E-state index contributed by atoms with van der Waals surface area (Å²) in [5.41, 5.74) is 4.75. The Morgan fingerprint density at radius 2 is 1.43 bits per heavy atom. The SMILES string of the molecule is CCCCNc1ccc2c3c(cccc13)C(=O)N(CCNCCCCCCNCc1ccc(N(C)C)cc1)C2=O. The first-order valence-electron chi connectivity index (χ1n) is 14.8. The summed E-state index contributed by atoms with van der Waals surface area (Å²) in [5.74, 6) is -0.395. The Balaban J connectivity index is 1.14. The molecule has 0 saturated heterocycles. The maximum absolute atomic E-state index is 13.3. The first-order chi connectivity index (χ1) is 19.5. The van der Waals surface area contributed by atoms with Gasteiger partial charge in [-0.15, -0.1) is 0 Å². The summed E-state index contributed by atoms with van der Waals surface area (Å²) >= 11 is 0. The van der Waals surface area contributed by atoms with Crippen LogP contribution in [0, 0.1) is 0 Å². The summed E-state index contributed by atoms with van der Waals surface area (Å²) in [6, 6.07) is 18.3. The third-order valence-electron chi connectivity index (χ3n) is 7.59. The van der Waals surface area contributed by atoms with Crippen molar-refractivity contribution in [3.05, 3.63) is 71.3 Å². The van der Waals surface area contributed by atoms with Crippen LogP contribution in [-0.4, -0.2) is 63.5 Å². The highest BCUT2D eigenvalue weighted by Gasteiger charge is 2.32. The molecular weight excluding hydrogens is 498 g/mol. The lowest BCUT2D eigenvalue weighted by Crippen LogP contribution is -2.44. The molecular formula is C33H45N5O2. The number of unbranched alkanes of at least 4 members (excludes halogenated alkanes) is 4. The molecule has 3 aromatic rings. The smallest absolute Gasteiger partial charge is 0.261 e. The molecule has 0 radical (unpaired) electrons. The summed E-state index contributed by atoms with van der Waals surface area (Å²) < 4.78 is 0. The minimum absolute atomic E-state index is 0.197. The van der Waals surface area contributed by atoms with Gasteiger partial charge < -0.3 is 20.9 Å². The van der Waals surface area contributed by atoms with Crippen molar-refractivity contribution in [2.24, 2.45) is 0 Å². The van der Waals surface area contributed by atoms with Crippen LogP contribution >= 0.6 is 0 Å². The minimum atomic E-state index is -0.197. The lowest BCUT2D eigenvalue weighted by molar-refractivity contribution is 0.0612. The highest BCUT2D eigenvalue weighted by atomic mass is 16.2. The third-order valence-corrected chi connectivity index (χ3v) is 7.59. The predicted octanol–water partition coefficient (Wildman–Crippen LogP) is 5.65. The van der Waals surface area contributed by atoms with E-state index in [-0.39, 0.29) is 11.8 Å². The number of carbonyl (C=O) groups is 2. The number of benzene rings is 3. The highest BCUT2D eigenvalue weighted by molar-refractivity contribution is 6.26. The van der Waals surface area contributed by atoms with E-state index in [1.54, 1.807) is 0 Å². The van der Waals surface area contributed by atoms with Gasteiger partial charge in [0, 0.05) is 73.5 Å². The van der Waals surface area contributed by atoms with Crippen molar-refractivity contribution in [2.75, 3.05) is 57.0 Å². The highest BCUT2D eigenvalue weighted by Crippen LogP contribution is 2.34. The summed E-state index contributed by atoms with van der Waals surface area (Å²) in [5, 5.41) is 12.1. The molecule has 0 unspecified atom stereocenters. The van der Waals surface area contributed by atoms with E-state index in [9.17, 15) is 9.59 Å². The van der Waals surface area contributed by atoms with Crippen LogP contribution in [0.5, 0.6) is 0 Å². The van der Waals surface area contributed by atoms with E-state index in [0.29, 0.717) is 24.2 Å². The number of hydrogen-bond donors (Lipinski definition) is 3. The van der Waals surface area contributed by atoms with Crippen LogP contribution in [0.1, 0.15) is 71.7 Å². The van der Waals surface area contributed by atoms with Crippen molar-refractivity contribution < 1.29 is 9.59 Å². The molecule has 40 heavy (non-hydrogen) atoms. The van der Waals surface area contributed by atoms with Crippen LogP contribution in [0.2, 0.25) is 0 Å². The third kappa shape index (κ3) is 7.40. The number of imide groups is 1. The predicted molar refractivity (Wildman–Crippen MR) is 167 cm³/mol. The maximum Gasteiger partial charge on any atom is 0.261 e. The van der Waals surface area contributed by atoms with Crippen molar-refractivity contribution >= 4 is 34.0 Å². The van der Waals surface area contributed by atoms with E-state index in [0.717, 1.165) is 74.7 Å². The summed E-state index contributed by atoms with van der Waals surface area (Å²) in [6.45, 7) is 6.83. The zero-order valence-electron chi connectivity index (χ0n) is 24.4. The normalized spacial score (nSPS) is 12.8. The molecule has 1 aliphatic rings. The monoisotopic (exact) mass is 543 g/mol. The number of hydrogen-bond acceptors (Lipinski definition) is 6. The van der Waals surface area contributed by atoms with Gasteiger partial charge in [0.2, 0.25) is 0 Å². The summed E-state index contributed by atoms with van der Waals surface area (Å²) in [4.78, 5) is 30.0. The lowest BCUT2D eigenvalue weighted by Gasteiger charge is -2.28. The molecule has 7 nitrogen and oxygen atoms in total. The summed E-state index contributed by atoms with van der Waals surface area (Å²) in [7, 11) is 4.11. The molecule has 0 aromatic heterocycles. The molecule has 0 saturated carbocycles. The van der Waals surface area contributed by atoms with Crippen LogP contribution in [0.3, 0.4) is 0 Å². The van der Waals surface area contributed by atoms with Gasteiger partial charge in [-0.1, -0.05) is 50.5 Å². The van der Waals surface area contributed by atoms with Crippen LogP contribution in [0.25, 0.3) is 10.8 Å². The van der Waals surface area contributed by atoms with Crippen molar-refractivity contribution in [2.45, 2.75) is 52.0 Å². The van der Waals surface area contributed by atoms with E-state index in [4.69, 9.17) is 0 Å². The van der Waals surface area contributed by atoms with E-state index in [1.807, 2.05) is 30.3 Å². The zero-order chi connectivity index (χ0) is 28.3. The van der Waals surface area contributed by atoms with Gasteiger partial charge in [0.15, 0.2) is 0 Å². The maximum atomic E-state index is 13.3. The quantitative estimate of drug-likeness (QED) is 0.151. The second kappa shape index (κ2) is 14.8. The Bertz CT molecular complexity index is 1250. The van der Waals surface area contributed by atoms with Gasteiger partial charge in [0.25, 0.3) is 11.8 Å². The van der Waals surface area contributed by atoms with E-state index in [2.05, 4.69) is 66.1 Å². The van der Waals surface area contributed by atoms with Gasteiger partial charge in [-0.05, 0) is 68.2 Å². The minimum Gasteiger partial charge on any atom is -0.385 e. The van der Waals surface area contributed by atoms with E-state index >= 15 is 0 Å². The van der Waals surface area contributed by atoms with Gasteiger partial charge in [-0.3, -0.25) is 14.5 Å². The van der Waals surface area contributed by atoms with Gasteiger partial charge in [-0.25, -0.2) is 0 Å². The van der Waals surface area contributed by atoms with Crippen molar-refractivity contribution in [1.82, 2.24) is 15.5 Å². The van der Waals surface area contributed by atoms with E-state index in [1.165, 1.54) is 22.6 Å². The average molecular weight is 544 g/mol. The molecule has 0 aliphatic carbocycles. The van der Waals surface area contributed by atoms with Crippen LogP contribution in [-0.2, 0) is 6.54 Å².